The van der Waals surface area contributed by atoms with Gasteiger partial charge in [-0.3, -0.25) is 4.79 Å². The van der Waals surface area contributed by atoms with Crippen LogP contribution in [0.1, 0.15) is 15.4 Å². The molecule has 136 valence electrons. The van der Waals surface area contributed by atoms with Gasteiger partial charge in [-0.2, -0.15) is 5.10 Å². The van der Waals surface area contributed by atoms with Crippen LogP contribution in [0.4, 0.5) is 0 Å². The first-order valence-corrected chi connectivity index (χ1v) is 9.51. The molecule has 8 heteroatoms. The zero-order valence-corrected chi connectivity index (χ0v) is 16.4. The van der Waals surface area contributed by atoms with E-state index in [4.69, 9.17) is 27.9 Å². The number of aromatic nitrogens is 1. The summed E-state index contributed by atoms with van der Waals surface area (Å²) in [5, 5.41) is 6.65. The molecule has 0 radical (unpaired) electrons. The molecule has 0 spiro atoms. The average molecular weight is 418 g/mol. The Balaban J connectivity index is 1.57. The van der Waals surface area contributed by atoms with E-state index in [9.17, 15) is 4.79 Å². The molecule has 27 heavy (non-hydrogen) atoms. The van der Waals surface area contributed by atoms with Gasteiger partial charge in [0.15, 0.2) is 0 Å². The third-order valence-corrected chi connectivity index (χ3v) is 6.14. The molecule has 5 nitrogen and oxygen atoms in total. The monoisotopic (exact) mass is 417 g/mol. The molecular weight excluding hydrogens is 405 g/mol. The van der Waals surface area contributed by atoms with E-state index in [1.165, 1.54) is 17.6 Å². The van der Waals surface area contributed by atoms with Crippen molar-refractivity contribution >= 4 is 67.6 Å². The maximum atomic E-state index is 12.5. The van der Waals surface area contributed by atoms with Crippen LogP contribution in [0.15, 0.2) is 47.6 Å². The summed E-state index contributed by atoms with van der Waals surface area (Å²) in [4.78, 5) is 16.0. The number of thiophene rings is 1. The van der Waals surface area contributed by atoms with Crippen LogP contribution < -0.4 is 10.2 Å². The minimum absolute atomic E-state index is 0.386. The number of rotatable bonds is 4. The fourth-order valence-corrected chi connectivity index (χ4v) is 4.44. The fraction of sp³-hybridized carbons (Fsp3) is 0.0526. The summed E-state index contributed by atoms with van der Waals surface area (Å²) in [6.07, 6.45) is 1.48. The van der Waals surface area contributed by atoms with Crippen molar-refractivity contribution in [2.45, 2.75) is 0 Å². The molecule has 0 atom stereocenters. The van der Waals surface area contributed by atoms with Gasteiger partial charge >= 0.3 is 0 Å². The van der Waals surface area contributed by atoms with Crippen LogP contribution in [-0.2, 0) is 0 Å². The first-order chi connectivity index (χ1) is 13.1. The number of fused-ring (bicyclic) bond motifs is 2. The first kappa shape index (κ1) is 17.9. The number of ether oxygens (including phenoxy) is 1. The zero-order chi connectivity index (χ0) is 19.0. The number of hydrogen-bond donors (Lipinski definition) is 2. The summed E-state index contributed by atoms with van der Waals surface area (Å²) < 4.78 is 6.07. The Kier molecular flexibility index (Phi) is 4.78. The van der Waals surface area contributed by atoms with Gasteiger partial charge < -0.3 is 9.72 Å². The first-order valence-electron chi connectivity index (χ1n) is 7.94. The van der Waals surface area contributed by atoms with Gasteiger partial charge in [-0.05, 0) is 24.3 Å². The predicted octanol–water partition coefficient (Wildman–Crippen LogP) is 5.46. The highest BCUT2D eigenvalue weighted by Crippen LogP contribution is 2.37. The molecule has 2 aromatic carbocycles. The molecule has 0 aliphatic heterocycles. The topological polar surface area (TPSA) is 66.5 Å². The van der Waals surface area contributed by atoms with Crippen molar-refractivity contribution in [1.82, 2.24) is 10.4 Å². The quantitative estimate of drug-likeness (QED) is 0.341. The number of aromatic amines is 1. The Morgan fingerprint density at radius 2 is 2.00 bits per heavy atom. The Morgan fingerprint density at radius 1 is 1.19 bits per heavy atom. The Morgan fingerprint density at radius 3 is 2.78 bits per heavy atom. The standard InChI is InChI=1S/C19H13Cl2N3O2S/c1-26-10-6-7-12-15(8-10)27-18(17(12)21)19(25)24-22-9-14-16(20)11-4-2-3-5-13(11)23-14/h2-9,23H,1H3,(H,24,25)/b22-9-. The number of hydrazone groups is 1. The minimum atomic E-state index is -0.386. The third-order valence-electron chi connectivity index (χ3n) is 4.07. The molecule has 2 heterocycles. The molecule has 0 saturated heterocycles. The van der Waals surface area contributed by atoms with Gasteiger partial charge in [-0.1, -0.05) is 41.4 Å². The van der Waals surface area contributed by atoms with Crippen molar-refractivity contribution in [2.75, 3.05) is 7.11 Å². The van der Waals surface area contributed by atoms with E-state index in [1.807, 2.05) is 36.4 Å². The number of para-hydroxylation sites is 1. The van der Waals surface area contributed by atoms with Crippen molar-refractivity contribution in [2.24, 2.45) is 5.10 Å². The molecule has 0 bridgehead atoms. The van der Waals surface area contributed by atoms with E-state index in [1.54, 1.807) is 13.2 Å². The number of halogens is 2. The number of H-pyrrole nitrogens is 1. The SMILES string of the molecule is COc1ccc2c(Cl)c(C(=O)N/N=C\c3[nH]c4ccccc4c3Cl)sc2c1. The lowest BCUT2D eigenvalue weighted by atomic mass is 10.2. The van der Waals surface area contributed by atoms with E-state index >= 15 is 0 Å². The van der Waals surface area contributed by atoms with E-state index in [2.05, 4.69) is 15.5 Å². The van der Waals surface area contributed by atoms with E-state index in [0.717, 1.165) is 21.0 Å². The lowest BCUT2D eigenvalue weighted by Crippen LogP contribution is -2.16. The number of methoxy groups -OCH3 is 1. The van der Waals surface area contributed by atoms with Gasteiger partial charge in [0.2, 0.25) is 0 Å². The van der Waals surface area contributed by atoms with E-state index in [-0.39, 0.29) is 5.91 Å². The third kappa shape index (κ3) is 3.27. The summed E-state index contributed by atoms with van der Waals surface area (Å²) in [5.41, 5.74) is 4.01. The highest BCUT2D eigenvalue weighted by Gasteiger charge is 2.17. The number of carbonyl (C=O) groups is 1. The second-order valence-corrected chi connectivity index (χ2v) is 7.51. The molecule has 0 saturated carbocycles. The Labute approximate surface area is 168 Å². The second-order valence-electron chi connectivity index (χ2n) is 5.70. The van der Waals surface area contributed by atoms with Crippen LogP contribution in [0, 0.1) is 0 Å². The lowest BCUT2D eigenvalue weighted by Gasteiger charge is -1.98. The number of nitrogens with one attached hydrogen (secondary N) is 2. The summed E-state index contributed by atoms with van der Waals surface area (Å²) in [6.45, 7) is 0. The van der Waals surface area contributed by atoms with Crippen LogP contribution in [0.3, 0.4) is 0 Å². The number of hydrogen-bond acceptors (Lipinski definition) is 4. The smallest absolute Gasteiger partial charge is 0.283 e. The van der Waals surface area contributed by atoms with Gasteiger partial charge in [0.05, 0.1) is 29.1 Å². The van der Waals surface area contributed by atoms with Crippen molar-refractivity contribution < 1.29 is 9.53 Å². The van der Waals surface area contributed by atoms with E-state index < -0.39 is 0 Å². The van der Waals surface area contributed by atoms with Gasteiger partial charge in [0.1, 0.15) is 10.6 Å². The van der Waals surface area contributed by atoms with Crippen LogP contribution >= 0.6 is 34.5 Å². The number of amides is 1. The highest BCUT2D eigenvalue weighted by atomic mass is 35.5. The molecule has 0 fully saturated rings. The van der Waals surface area contributed by atoms with Gasteiger partial charge in [0.25, 0.3) is 5.91 Å². The fourth-order valence-electron chi connectivity index (χ4n) is 2.74. The predicted molar refractivity (Wildman–Crippen MR) is 112 cm³/mol. The summed E-state index contributed by atoms with van der Waals surface area (Å²) >= 11 is 14.0. The van der Waals surface area contributed by atoms with Gasteiger partial charge in [0, 0.05) is 21.0 Å². The van der Waals surface area contributed by atoms with Crippen molar-refractivity contribution in [3.8, 4) is 5.75 Å². The molecule has 1 amide bonds. The maximum Gasteiger partial charge on any atom is 0.283 e. The molecule has 4 aromatic rings. The average Bonchev–Trinajstić information content (AvgIpc) is 3.19. The molecule has 2 N–H and O–H groups in total. The largest absolute Gasteiger partial charge is 0.497 e. The summed E-state index contributed by atoms with van der Waals surface area (Å²) in [7, 11) is 1.59. The normalized spacial score (nSPS) is 11.5. The molecule has 2 aromatic heterocycles. The van der Waals surface area contributed by atoms with Crippen LogP contribution in [0.5, 0.6) is 5.75 Å². The molecule has 4 rings (SSSR count). The summed E-state index contributed by atoms with van der Waals surface area (Å²) in [6, 6.07) is 13.1. The molecule has 0 aliphatic carbocycles. The van der Waals surface area contributed by atoms with Crippen LogP contribution in [0.2, 0.25) is 10.0 Å². The number of nitrogens with zero attached hydrogens (tertiary/aromatic N) is 1. The van der Waals surface area contributed by atoms with Crippen molar-refractivity contribution in [3.05, 3.63) is 63.1 Å². The summed E-state index contributed by atoms with van der Waals surface area (Å²) in [5.74, 6) is 0.322. The minimum Gasteiger partial charge on any atom is -0.497 e. The molecule has 0 unspecified atom stereocenters. The zero-order valence-electron chi connectivity index (χ0n) is 14.0. The Bertz CT molecular complexity index is 1200. The second kappa shape index (κ2) is 7.23. The van der Waals surface area contributed by atoms with E-state index in [0.29, 0.717) is 26.4 Å². The molecule has 0 aliphatic rings. The van der Waals surface area contributed by atoms with Crippen LogP contribution in [0.25, 0.3) is 21.0 Å². The van der Waals surface area contributed by atoms with Crippen LogP contribution in [-0.4, -0.2) is 24.2 Å². The van der Waals surface area contributed by atoms with Crippen molar-refractivity contribution in [1.29, 1.82) is 0 Å². The number of benzene rings is 2. The maximum absolute atomic E-state index is 12.5. The Hall–Kier alpha value is -2.54. The number of carbonyl (C=O) groups excluding carboxylic acids is 1. The van der Waals surface area contributed by atoms with Gasteiger partial charge in [-0.15, -0.1) is 11.3 Å². The highest BCUT2D eigenvalue weighted by molar-refractivity contribution is 7.21. The van der Waals surface area contributed by atoms with Gasteiger partial charge in [-0.25, -0.2) is 5.43 Å². The van der Waals surface area contributed by atoms with Crippen molar-refractivity contribution in [3.63, 3.8) is 0 Å². The molecular formula is C19H13Cl2N3O2S. The lowest BCUT2D eigenvalue weighted by molar-refractivity contribution is 0.0959.